The van der Waals surface area contributed by atoms with Crippen molar-refractivity contribution in [3.63, 3.8) is 0 Å². The summed E-state index contributed by atoms with van der Waals surface area (Å²) in [5.41, 5.74) is -0.771. The van der Waals surface area contributed by atoms with Crippen LogP contribution >= 0.6 is 11.6 Å². The molecule has 37 heavy (non-hydrogen) atoms. The lowest BCUT2D eigenvalue weighted by Gasteiger charge is -2.67. The zero-order valence-corrected chi connectivity index (χ0v) is 23.2. The van der Waals surface area contributed by atoms with Gasteiger partial charge in [-0.2, -0.15) is 0 Å². The summed E-state index contributed by atoms with van der Waals surface area (Å²) in [4.78, 5) is 39.2. The number of hydrogen-bond acceptors (Lipinski definition) is 5. The number of allylic oxidation sites excluding steroid dienone is 3. The van der Waals surface area contributed by atoms with E-state index in [1.165, 1.54) is 0 Å². The fourth-order valence-electron chi connectivity index (χ4n) is 8.63. The molecule has 0 N–H and O–H groups in total. The zero-order valence-electron chi connectivity index (χ0n) is 22.4. The molecule has 0 amide bonds. The molecule has 0 aromatic heterocycles. The molecule has 6 heteroatoms. The summed E-state index contributed by atoms with van der Waals surface area (Å²) >= 11 is 5.95. The van der Waals surface area contributed by atoms with E-state index in [0.717, 1.165) is 25.7 Å². The minimum absolute atomic E-state index is 0.0274. The Morgan fingerprint density at radius 3 is 2.41 bits per heavy atom. The summed E-state index contributed by atoms with van der Waals surface area (Å²) in [5, 5.41) is 0.573. The van der Waals surface area contributed by atoms with Gasteiger partial charge in [-0.05, 0) is 91.5 Å². The van der Waals surface area contributed by atoms with Crippen LogP contribution in [0.1, 0.15) is 66.7 Å². The van der Waals surface area contributed by atoms with Crippen molar-refractivity contribution >= 4 is 29.3 Å². The molecule has 0 radical (unpaired) electrons. The van der Waals surface area contributed by atoms with E-state index in [-0.39, 0.29) is 40.3 Å². The lowest BCUT2D eigenvalue weighted by Crippen LogP contribution is -2.65. The summed E-state index contributed by atoms with van der Waals surface area (Å²) in [6.07, 6.45) is 9.73. The third-order valence-electron chi connectivity index (χ3n) is 10.6. The Hall–Kier alpha value is -2.40. The number of benzene rings is 1. The molecule has 3 aliphatic carbocycles. The highest BCUT2D eigenvalue weighted by Crippen LogP contribution is 2.72. The Labute approximate surface area is 224 Å². The Morgan fingerprint density at radius 1 is 1.05 bits per heavy atom. The highest BCUT2D eigenvalue weighted by Gasteiger charge is 2.70. The molecule has 1 heterocycles. The normalized spacial score (nSPS) is 38.6. The molecule has 2 saturated carbocycles. The van der Waals surface area contributed by atoms with E-state index in [1.54, 1.807) is 37.3 Å². The number of rotatable bonds is 3. The van der Waals surface area contributed by atoms with Gasteiger partial charge < -0.3 is 9.47 Å². The molecular weight excluding hydrogens is 488 g/mol. The van der Waals surface area contributed by atoms with Crippen molar-refractivity contribution in [1.82, 2.24) is 0 Å². The first-order valence-electron chi connectivity index (χ1n) is 13.4. The van der Waals surface area contributed by atoms with Gasteiger partial charge in [-0.25, -0.2) is 4.79 Å². The molecule has 1 aromatic carbocycles. The van der Waals surface area contributed by atoms with Crippen LogP contribution in [0, 0.1) is 39.4 Å². The molecule has 5 nitrogen and oxygen atoms in total. The van der Waals surface area contributed by atoms with Crippen molar-refractivity contribution in [3.8, 4) is 5.75 Å². The van der Waals surface area contributed by atoms with E-state index < -0.39 is 16.8 Å². The highest BCUT2D eigenvalue weighted by molar-refractivity contribution is 6.30. The molecule has 5 rings (SSSR count). The van der Waals surface area contributed by atoms with E-state index in [4.69, 9.17) is 21.1 Å². The van der Waals surface area contributed by atoms with Crippen molar-refractivity contribution in [3.05, 3.63) is 53.1 Å². The summed E-state index contributed by atoms with van der Waals surface area (Å²) in [5.74, 6) is 0.406. The van der Waals surface area contributed by atoms with Gasteiger partial charge >= 0.3 is 11.9 Å². The monoisotopic (exact) mass is 524 g/mol. The average molecular weight is 525 g/mol. The SMILES string of the molecule is C/C(=C\[C@H]1CC[C@@H]2[C@@]3(C)C(=O)C=CC(C)(C)C3CC[C@@]2(C)[C@@]12COC(=O)C2)C(=O)Oc1ccc(Cl)cc1. The van der Waals surface area contributed by atoms with Gasteiger partial charge in [0, 0.05) is 21.4 Å². The zero-order chi connectivity index (χ0) is 26.8. The van der Waals surface area contributed by atoms with Crippen LogP contribution in [0.4, 0.5) is 0 Å². The van der Waals surface area contributed by atoms with Crippen molar-refractivity contribution in [2.24, 2.45) is 39.4 Å². The largest absolute Gasteiger partial charge is 0.465 e. The van der Waals surface area contributed by atoms with E-state index in [9.17, 15) is 14.4 Å². The molecule has 0 bridgehead atoms. The standard InChI is InChI=1S/C31H37ClO5/c1-19(27(35)37-22-9-7-21(32)8-10-22)16-20-6-11-24-29(4,31(20)17-26(34)36-18-31)15-12-23-28(2,3)14-13-25(33)30(23,24)5/h7-10,13-14,16,20,23-24H,6,11-12,15,17-18H2,1-5H3/b19-16+/t20-,23?,24+,29-,30+,31+/m1/s1. The third-order valence-corrected chi connectivity index (χ3v) is 10.9. The minimum Gasteiger partial charge on any atom is -0.465 e. The minimum atomic E-state index is -0.485. The lowest BCUT2D eigenvalue weighted by atomic mass is 9.35. The van der Waals surface area contributed by atoms with E-state index >= 15 is 0 Å². The summed E-state index contributed by atoms with van der Waals surface area (Å²) in [7, 11) is 0. The Morgan fingerprint density at radius 2 is 1.76 bits per heavy atom. The van der Waals surface area contributed by atoms with Crippen molar-refractivity contribution in [2.75, 3.05) is 6.61 Å². The molecule has 1 saturated heterocycles. The van der Waals surface area contributed by atoms with Crippen LogP contribution in [-0.4, -0.2) is 24.3 Å². The number of ether oxygens (including phenoxy) is 2. The van der Waals surface area contributed by atoms with Crippen LogP contribution in [0.25, 0.3) is 0 Å². The first-order valence-corrected chi connectivity index (χ1v) is 13.8. The van der Waals surface area contributed by atoms with Crippen molar-refractivity contribution in [2.45, 2.75) is 66.7 Å². The molecule has 1 spiro atoms. The molecular formula is C31H37ClO5. The van der Waals surface area contributed by atoms with Crippen LogP contribution in [0.2, 0.25) is 5.02 Å². The fourth-order valence-corrected chi connectivity index (χ4v) is 8.76. The number of carbonyl (C=O) groups excluding carboxylic acids is 3. The van der Waals surface area contributed by atoms with E-state index in [1.807, 2.05) is 6.08 Å². The Kier molecular flexibility index (Phi) is 6.26. The summed E-state index contributed by atoms with van der Waals surface area (Å²) in [6, 6.07) is 6.70. The maximum absolute atomic E-state index is 13.6. The Bertz CT molecular complexity index is 1200. The van der Waals surface area contributed by atoms with Crippen LogP contribution in [0.15, 0.2) is 48.1 Å². The van der Waals surface area contributed by atoms with Crippen LogP contribution < -0.4 is 4.74 Å². The maximum Gasteiger partial charge on any atom is 0.338 e. The lowest BCUT2D eigenvalue weighted by molar-refractivity contribution is -0.191. The van der Waals surface area contributed by atoms with Crippen LogP contribution in [0.3, 0.4) is 0 Å². The van der Waals surface area contributed by atoms with E-state index in [2.05, 4.69) is 33.8 Å². The van der Waals surface area contributed by atoms with Gasteiger partial charge in [0.25, 0.3) is 0 Å². The van der Waals surface area contributed by atoms with Crippen LogP contribution in [-0.2, 0) is 19.1 Å². The van der Waals surface area contributed by atoms with Crippen molar-refractivity contribution in [1.29, 1.82) is 0 Å². The third kappa shape index (κ3) is 3.91. The smallest absolute Gasteiger partial charge is 0.338 e. The molecule has 1 aliphatic heterocycles. The fraction of sp³-hybridized carbons (Fsp3) is 0.581. The highest BCUT2D eigenvalue weighted by atomic mass is 35.5. The first kappa shape index (κ1) is 26.2. The molecule has 1 unspecified atom stereocenters. The number of cyclic esters (lactones) is 1. The van der Waals surface area contributed by atoms with Gasteiger partial charge in [0.1, 0.15) is 5.75 Å². The molecule has 198 valence electrons. The second-order valence-corrected chi connectivity index (χ2v) is 13.2. The van der Waals surface area contributed by atoms with Gasteiger partial charge in [0.2, 0.25) is 0 Å². The molecule has 3 fully saturated rings. The molecule has 4 aliphatic rings. The number of hydrogen-bond donors (Lipinski definition) is 0. The number of carbonyl (C=O) groups is 3. The molecule has 1 aromatic rings. The Balaban J connectivity index is 1.50. The first-order chi connectivity index (χ1) is 17.3. The number of halogens is 1. The molecule has 6 atom stereocenters. The van der Waals surface area contributed by atoms with Gasteiger partial charge in [-0.15, -0.1) is 0 Å². The summed E-state index contributed by atoms with van der Waals surface area (Å²) < 4.78 is 11.3. The second-order valence-electron chi connectivity index (χ2n) is 12.7. The van der Waals surface area contributed by atoms with Gasteiger partial charge in [0.05, 0.1) is 13.0 Å². The van der Waals surface area contributed by atoms with Gasteiger partial charge in [-0.3, -0.25) is 9.59 Å². The number of ketones is 1. The van der Waals surface area contributed by atoms with E-state index in [0.29, 0.717) is 29.4 Å². The quantitative estimate of drug-likeness (QED) is 0.249. The number of fused-ring (bicyclic) bond motifs is 4. The predicted octanol–water partition coefficient (Wildman–Crippen LogP) is 6.74. The van der Waals surface area contributed by atoms with Crippen LogP contribution in [0.5, 0.6) is 5.75 Å². The van der Waals surface area contributed by atoms with Gasteiger partial charge in [-0.1, -0.05) is 51.4 Å². The predicted molar refractivity (Wildman–Crippen MR) is 142 cm³/mol. The second kappa shape index (κ2) is 8.83. The summed E-state index contributed by atoms with van der Waals surface area (Å²) in [6.45, 7) is 11.0. The van der Waals surface area contributed by atoms with Crippen molar-refractivity contribution < 1.29 is 23.9 Å². The topological polar surface area (TPSA) is 69.7 Å². The maximum atomic E-state index is 13.6. The average Bonchev–Trinajstić information content (AvgIpc) is 3.24. The van der Waals surface area contributed by atoms with Gasteiger partial charge in [0.15, 0.2) is 5.78 Å². The number of esters is 2.